The maximum atomic E-state index is 12.3. The minimum atomic E-state index is -1.08. The van der Waals surface area contributed by atoms with Gasteiger partial charge in [-0.25, -0.2) is 4.79 Å². The molecule has 0 bridgehead atoms. The number of benzene rings is 1. The molecule has 2 rings (SSSR count). The molecule has 0 spiro atoms. The lowest BCUT2D eigenvalue weighted by Gasteiger charge is -2.10. The highest BCUT2D eigenvalue weighted by Gasteiger charge is 2.20. The topological polar surface area (TPSA) is 75.6 Å². The first-order valence-corrected chi connectivity index (χ1v) is 7.16. The molecule has 1 amide bonds. The summed E-state index contributed by atoms with van der Waals surface area (Å²) < 4.78 is 5.12. The summed E-state index contributed by atoms with van der Waals surface area (Å²) in [6, 6.07) is 4.66. The van der Waals surface area contributed by atoms with Crippen LogP contribution in [0.3, 0.4) is 0 Å². The van der Waals surface area contributed by atoms with Crippen LogP contribution in [0.2, 0.25) is 5.02 Å². The molecule has 0 aliphatic rings. The fourth-order valence-electron chi connectivity index (χ4n) is 1.80. The third-order valence-corrected chi connectivity index (χ3v) is 4.13. The number of rotatable bonds is 4. The molecule has 0 unspecified atom stereocenters. The number of nitrogens with one attached hydrogen (secondary N) is 1. The molecule has 0 aliphatic heterocycles. The third-order valence-electron chi connectivity index (χ3n) is 2.81. The van der Waals surface area contributed by atoms with E-state index in [9.17, 15) is 9.59 Å². The molecule has 21 heavy (non-hydrogen) atoms. The lowest BCUT2D eigenvalue weighted by Crippen LogP contribution is -2.15. The van der Waals surface area contributed by atoms with Crippen LogP contribution in [0.25, 0.3) is 0 Å². The first-order chi connectivity index (χ1) is 9.93. The minimum absolute atomic E-state index is 0.0850. The summed E-state index contributed by atoms with van der Waals surface area (Å²) in [5.41, 5.74) is 1.22. The number of hydrogen-bond acceptors (Lipinski definition) is 4. The highest BCUT2D eigenvalue weighted by atomic mass is 35.5. The van der Waals surface area contributed by atoms with Crippen molar-refractivity contribution in [1.29, 1.82) is 0 Å². The molecule has 7 heteroatoms. The van der Waals surface area contributed by atoms with Crippen LogP contribution in [0.1, 0.15) is 25.6 Å². The minimum Gasteiger partial charge on any atom is -0.496 e. The molecule has 1 heterocycles. The number of aromatic carboxylic acids is 1. The first-order valence-electron chi connectivity index (χ1n) is 5.90. The number of carbonyl (C=O) groups is 2. The molecule has 0 atom stereocenters. The van der Waals surface area contributed by atoms with Crippen LogP contribution in [0, 0.1) is 6.92 Å². The van der Waals surface area contributed by atoms with Crippen molar-refractivity contribution in [2.45, 2.75) is 6.92 Å². The van der Waals surface area contributed by atoms with Gasteiger partial charge in [0.15, 0.2) is 0 Å². The van der Waals surface area contributed by atoms with Crippen molar-refractivity contribution in [2.75, 3.05) is 12.4 Å². The molecular weight excluding hydrogens is 314 g/mol. The van der Waals surface area contributed by atoms with Crippen molar-refractivity contribution >= 4 is 40.5 Å². The predicted octanol–water partition coefficient (Wildman–Crippen LogP) is 3.67. The molecule has 2 aromatic rings. The maximum absolute atomic E-state index is 12.3. The molecule has 0 saturated heterocycles. The third kappa shape index (κ3) is 3.17. The second kappa shape index (κ2) is 6.15. The molecule has 0 aliphatic carbocycles. The Morgan fingerprint density at radius 1 is 1.38 bits per heavy atom. The number of carboxylic acids is 1. The summed E-state index contributed by atoms with van der Waals surface area (Å²) in [6.07, 6.45) is 0. The van der Waals surface area contributed by atoms with E-state index < -0.39 is 11.9 Å². The van der Waals surface area contributed by atoms with Crippen LogP contribution >= 0.6 is 22.9 Å². The summed E-state index contributed by atoms with van der Waals surface area (Å²) in [4.78, 5) is 23.6. The van der Waals surface area contributed by atoms with Gasteiger partial charge in [0.1, 0.15) is 10.6 Å². The number of methoxy groups -OCH3 is 1. The molecule has 2 N–H and O–H groups in total. The van der Waals surface area contributed by atoms with Crippen LogP contribution in [-0.2, 0) is 0 Å². The molecule has 0 fully saturated rings. The van der Waals surface area contributed by atoms with Gasteiger partial charge < -0.3 is 15.2 Å². The number of anilines is 1. The lowest BCUT2D eigenvalue weighted by atomic mass is 10.1. The molecule has 0 saturated carbocycles. The van der Waals surface area contributed by atoms with Gasteiger partial charge in [0.05, 0.1) is 18.4 Å². The van der Waals surface area contributed by atoms with Crippen molar-refractivity contribution < 1.29 is 19.4 Å². The van der Waals surface area contributed by atoms with E-state index in [4.69, 9.17) is 21.4 Å². The SMILES string of the molecule is COc1ccc(Cl)cc1C(=O)Nc1c(C)csc1C(=O)O. The fourth-order valence-corrected chi connectivity index (χ4v) is 2.81. The van der Waals surface area contributed by atoms with E-state index in [1.165, 1.54) is 13.2 Å². The zero-order chi connectivity index (χ0) is 15.6. The van der Waals surface area contributed by atoms with E-state index in [1.54, 1.807) is 24.4 Å². The summed E-state index contributed by atoms with van der Waals surface area (Å²) in [6.45, 7) is 1.73. The highest BCUT2D eigenvalue weighted by Crippen LogP contribution is 2.29. The monoisotopic (exact) mass is 325 g/mol. The first kappa shape index (κ1) is 15.3. The van der Waals surface area contributed by atoms with Crippen molar-refractivity contribution in [1.82, 2.24) is 0 Å². The molecule has 1 aromatic carbocycles. The molecule has 0 radical (unpaired) electrons. The molecule has 1 aromatic heterocycles. The molecule has 5 nitrogen and oxygen atoms in total. The van der Waals surface area contributed by atoms with Crippen molar-refractivity contribution in [2.24, 2.45) is 0 Å². The van der Waals surface area contributed by atoms with Gasteiger partial charge in [0, 0.05) is 5.02 Å². The number of amides is 1. The lowest BCUT2D eigenvalue weighted by molar-refractivity contribution is 0.0703. The molecular formula is C14H12ClNO4S. The zero-order valence-electron chi connectivity index (χ0n) is 11.3. The van der Waals surface area contributed by atoms with Gasteiger partial charge in [-0.15, -0.1) is 11.3 Å². The Morgan fingerprint density at radius 3 is 2.71 bits per heavy atom. The van der Waals surface area contributed by atoms with Crippen LogP contribution < -0.4 is 10.1 Å². The summed E-state index contributed by atoms with van der Waals surface area (Å²) >= 11 is 6.95. The maximum Gasteiger partial charge on any atom is 0.348 e. The average Bonchev–Trinajstić information content (AvgIpc) is 2.80. The van der Waals surface area contributed by atoms with Gasteiger partial charge in [-0.1, -0.05) is 11.6 Å². The molecule has 110 valence electrons. The number of ether oxygens (including phenoxy) is 1. The van der Waals surface area contributed by atoms with Crippen LogP contribution in [-0.4, -0.2) is 24.1 Å². The van der Waals surface area contributed by atoms with E-state index in [-0.39, 0.29) is 10.4 Å². The number of hydrogen-bond donors (Lipinski definition) is 2. The summed E-state index contributed by atoms with van der Waals surface area (Å²) in [5, 5.41) is 13.8. The largest absolute Gasteiger partial charge is 0.496 e. The number of carbonyl (C=O) groups excluding carboxylic acids is 1. The predicted molar refractivity (Wildman–Crippen MR) is 82.0 cm³/mol. The van der Waals surface area contributed by atoms with E-state index in [1.807, 2.05) is 0 Å². The Kier molecular flexibility index (Phi) is 4.50. The number of thiophene rings is 1. The number of halogens is 1. The summed E-state index contributed by atoms with van der Waals surface area (Å²) in [7, 11) is 1.44. The Morgan fingerprint density at radius 2 is 2.10 bits per heavy atom. The smallest absolute Gasteiger partial charge is 0.348 e. The van der Waals surface area contributed by atoms with E-state index in [0.717, 1.165) is 11.3 Å². The van der Waals surface area contributed by atoms with Crippen molar-refractivity contribution in [3.05, 3.63) is 44.6 Å². The van der Waals surface area contributed by atoms with Gasteiger partial charge in [-0.05, 0) is 36.1 Å². The van der Waals surface area contributed by atoms with Gasteiger partial charge in [-0.3, -0.25) is 4.79 Å². The van der Waals surface area contributed by atoms with Crippen LogP contribution in [0.4, 0.5) is 5.69 Å². The van der Waals surface area contributed by atoms with Gasteiger partial charge >= 0.3 is 5.97 Å². The van der Waals surface area contributed by atoms with E-state index in [2.05, 4.69) is 5.32 Å². The quantitative estimate of drug-likeness (QED) is 0.899. The average molecular weight is 326 g/mol. The number of carboxylic acid groups (broad SMARTS) is 1. The van der Waals surface area contributed by atoms with Crippen LogP contribution in [0.5, 0.6) is 5.75 Å². The van der Waals surface area contributed by atoms with Crippen molar-refractivity contribution in [3.8, 4) is 5.75 Å². The second-order valence-corrected chi connectivity index (χ2v) is 5.54. The van der Waals surface area contributed by atoms with Gasteiger partial charge in [-0.2, -0.15) is 0 Å². The zero-order valence-corrected chi connectivity index (χ0v) is 12.8. The van der Waals surface area contributed by atoms with E-state index >= 15 is 0 Å². The Labute approximate surface area is 130 Å². The highest BCUT2D eigenvalue weighted by molar-refractivity contribution is 7.12. The van der Waals surface area contributed by atoms with Crippen molar-refractivity contribution in [3.63, 3.8) is 0 Å². The second-order valence-electron chi connectivity index (χ2n) is 4.23. The summed E-state index contributed by atoms with van der Waals surface area (Å²) in [5.74, 6) is -1.19. The standard InChI is InChI=1S/C14H12ClNO4S/c1-7-6-21-12(14(18)19)11(7)16-13(17)9-5-8(15)3-4-10(9)20-2/h3-6H,1-2H3,(H,16,17)(H,18,19). The fraction of sp³-hybridized carbons (Fsp3) is 0.143. The van der Waals surface area contributed by atoms with Crippen LogP contribution in [0.15, 0.2) is 23.6 Å². The Balaban J connectivity index is 2.37. The van der Waals surface area contributed by atoms with E-state index in [0.29, 0.717) is 22.0 Å². The van der Waals surface area contributed by atoms with Gasteiger partial charge in [0.2, 0.25) is 0 Å². The number of aryl methyl sites for hydroxylation is 1. The Hall–Kier alpha value is -2.05. The Bertz CT molecular complexity index is 711. The van der Waals surface area contributed by atoms with Gasteiger partial charge in [0.25, 0.3) is 5.91 Å². The normalized spacial score (nSPS) is 10.2.